The van der Waals surface area contributed by atoms with Gasteiger partial charge >= 0.3 is 5.97 Å². The van der Waals surface area contributed by atoms with E-state index in [9.17, 15) is 9.59 Å². The highest BCUT2D eigenvalue weighted by Crippen LogP contribution is 2.39. The highest BCUT2D eigenvalue weighted by Gasteiger charge is 2.30. The van der Waals surface area contributed by atoms with Crippen molar-refractivity contribution in [2.45, 2.75) is 23.8 Å². The Bertz CT molecular complexity index is 461. The number of rotatable bonds is 3. The van der Waals surface area contributed by atoms with Gasteiger partial charge in [0.05, 0.1) is 5.92 Å². The summed E-state index contributed by atoms with van der Waals surface area (Å²) < 4.78 is 0. The van der Waals surface area contributed by atoms with Crippen molar-refractivity contribution in [2.24, 2.45) is 0 Å². The van der Waals surface area contributed by atoms with Crippen LogP contribution in [0.15, 0.2) is 29.2 Å². The first-order chi connectivity index (χ1) is 8.09. The fourth-order valence-electron chi connectivity index (χ4n) is 1.76. The average molecular weight is 251 g/mol. The van der Waals surface area contributed by atoms with E-state index in [1.54, 1.807) is 11.8 Å². The second kappa shape index (κ2) is 4.79. The molecule has 0 bridgehead atoms. The molecule has 1 aliphatic rings. The van der Waals surface area contributed by atoms with Crippen LogP contribution < -0.4 is 5.32 Å². The number of aliphatic carboxylic acids is 1. The van der Waals surface area contributed by atoms with E-state index in [0.717, 1.165) is 10.5 Å². The van der Waals surface area contributed by atoms with Gasteiger partial charge in [0.1, 0.15) is 6.04 Å². The Hall–Kier alpha value is -1.49. The maximum atomic E-state index is 11.9. The van der Waals surface area contributed by atoms with E-state index >= 15 is 0 Å². The van der Waals surface area contributed by atoms with E-state index in [0.29, 0.717) is 5.75 Å². The summed E-state index contributed by atoms with van der Waals surface area (Å²) >= 11 is 1.63. The van der Waals surface area contributed by atoms with Gasteiger partial charge in [0.25, 0.3) is 0 Å². The maximum Gasteiger partial charge on any atom is 0.325 e. The van der Waals surface area contributed by atoms with Crippen molar-refractivity contribution < 1.29 is 14.7 Å². The number of hydrogen-bond donors (Lipinski definition) is 2. The minimum Gasteiger partial charge on any atom is -0.480 e. The van der Waals surface area contributed by atoms with Gasteiger partial charge in [0, 0.05) is 10.6 Å². The SMILES string of the molecule is CC(NC(=O)C1CSc2ccccc21)C(=O)O. The molecule has 0 radical (unpaired) electrons. The van der Waals surface area contributed by atoms with Crippen LogP contribution in [0.4, 0.5) is 0 Å². The van der Waals surface area contributed by atoms with Crippen LogP contribution in [0, 0.1) is 0 Å². The summed E-state index contributed by atoms with van der Waals surface area (Å²) in [5.74, 6) is -0.787. The number of hydrogen-bond acceptors (Lipinski definition) is 3. The molecule has 90 valence electrons. The predicted molar refractivity (Wildman–Crippen MR) is 65.1 cm³/mol. The second-order valence-electron chi connectivity index (χ2n) is 3.97. The molecule has 0 spiro atoms. The molecule has 2 N–H and O–H groups in total. The zero-order valence-corrected chi connectivity index (χ0v) is 10.2. The highest BCUT2D eigenvalue weighted by atomic mass is 32.2. The fraction of sp³-hybridized carbons (Fsp3) is 0.333. The fourth-order valence-corrected chi connectivity index (χ4v) is 2.98. The first-order valence-corrected chi connectivity index (χ1v) is 6.33. The van der Waals surface area contributed by atoms with Crippen LogP contribution in [-0.4, -0.2) is 28.8 Å². The van der Waals surface area contributed by atoms with Gasteiger partial charge in [0.15, 0.2) is 0 Å². The number of carbonyl (C=O) groups excluding carboxylic acids is 1. The van der Waals surface area contributed by atoms with Gasteiger partial charge in [-0.3, -0.25) is 9.59 Å². The Morgan fingerprint density at radius 2 is 2.18 bits per heavy atom. The van der Waals surface area contributed by atoms with Crippen LogP contribution in [0.2, 0.25) is 0 Å². The minimum atomic E-state index is -1.02. The Balaban J connectivity index is 2.10. The van der Waals surface area contributed by atoms with E-state index in [1.807, 2.05) is 24.3 Å². The molecule has 0 saturated heterocycles. The molecule has 0 fully saturated rings. The number of thioether (sulfide) groups is 1. The molecule has 2 rings (SSSR count). The maximum absolute atomic E-state index is 11.9. The summed E-state index contributed by atoms with van der Waals surface area (Å²) in [7, 11) is 0. The van der Waals surface area contributed by atoms with Crippen molar-refractivity contribution in [3.63, 3.8) is 0 Å². The van der Waals surface area contributed by atoms with Gasteiger partial charge in [0.2, 0.25) is 5.91 Å². The Kier molecular flexibility index (Phi) is 3.38. The third-order valence-corrected chi connectivity index (χ3v) is 3.93. The first-order valence-electron chi connectivity index (χ1n) is 5.34. The lowest BCUT2D eigenvalue weighted by Gasteiger charge is -2.14. The molecule has 1 amide bonds. The molecule has 0 saturated carbocycles. The number of amides is 1. The molecular formula is C12H13NO3S. The minimum absolute atomic E-state index is 0.211. The highest BCUT2D eigenvalue weighted by molar-refractivity contribution is 7.99. The zero-order valence-electron chi connectivity index (χ0n) is 9.34. The molecule has 2 unspecified atom stereocenters. The molecule has 0 aliphatic carbocycles. The van der Waals surface area contributed by atoms with Crippen LogP contribution in [0.25, 0.3) is 0 Å². The van der Waals surface area contributed by atoms with Crippen LogP contribution in [0.3, 0.4) is 0 Å². The largest absolute Gasteiger partial charge is 0.480 e. The number of nitrogens with one attached hydrogen (secondary N) is 1. The lowest BCUT2D eigenvalue weighted by Crippen LogP contribution is -2.41. The average Bonchev–Trinajstić information content (AvgIpc) is 2.72. The van der Waals surface area contributed by atoms with Gasteiger partial charge in [-0.1, -0.05) is 18.2 Å². The number of carbonyl (C=O) groups is 2. The molecule has 17 heavy (non-hydrogen) atoms. The first kappa shape index (κ1) is 12.0. The van der Waals surface area contributed by atoms with Crippen LogP contribution in [-0.2, 0) is 9.59 Å². The van der Waals surface area contributed by atoms with Gasteiger partial charge in [-0.25, -0.2) is 0 Å². The van der Waals surface area contributed by atoms with Crippen LogP contribution in [0.5, 0.6) is 0 Å². The van der Waals surface area contributed by atoms with Crippen molar-refractivity contribution in [1.29, 1.82) is 0 Å². The van der Waals surface area contributed by atoms with Crippen molar-refractivity contribution >= 4 is 23.6 Å². The Morgan fingerprint density at radius 1 is 1.47 bits per heavy atom. The summed E-state index contributed by atoms with van der Waals surface area (Å²) in [6, 6.07) is 6.89. The summed E-state index contributed by atoms with van der Waals surface area (Å²) in [5.41, 5.74) is 0.993. The third-order valence-electron chi connectivity index (χ3n) is 2.75. The summed E-state index contributed by atoms with van der Waals surface area (Å²) in [6.07, 6.45) is 0. The molecule has 0 aromatic heterocycles. The normalized spacial score (nSPS) is 19.5. The second-order valence-corrected chi connectivity index (χ2v) is 5.03. The summed E-state index contributed by atoms with van der Waals surface area (Å²) in [6.45, 7) is 1.47. The Morgan fingerprint density at radius 3 is 2.88 bits per heavy atom. The third kappa shape index (κ3) is 2.44. The lowest BCUT2D eigenvalue weighted by atomic mass is 10.0. The quantitative estimate of drug-likeness (QED) is 0.853. The molecule has 1 aromatic rings. The smallest absolute Gasteiger partial charge is 0.325 e. The van der Waals surface area contributed by atoms with Crippen molar-refractivity contribution in [2.75, 3.05) is 5.75 Å². The number of carboxylic acids is 1. The number of benzene rings is 1. The molecule has 1 aromatic carbocycles. The van der Waals surface area contributed by atoms with Crippen LogP contribution >= 0.6 is 11.8 Å². The molecular weight excluding hydrogens is 238 g/mol. The van der Waals surface area contributed by atoms with Gasteiger partial charge in [-0.05, 0) is 18.6 Å². The molecule has 4 nitrogen and oxygen atoms in total. The van der Waals surface area contributed by atoms with E-state index in [-0.39, 0.29) is 11.8 Å². The summed E-state index contributed by atoms with van der Waals surface area (Å²) in [5, 5.41) is 11.3. The number of fused-ring (bicyclic) bond motifs is 1. The monoisotopic (exact) mass is 251 g/mol. The lowest BCUT2D eigenvalue weighted by molar-refractivity contribution is -0.141. The van der Waals surface area contributed by atoms with Gasteiger partial charge in [-0.2, -0.15) is 0 Å². The summed E-state index contributed by atoms with van der Waals surface area (Å²) in [4.78, 5) is 23.7. The topological polar surface area (TPSA) is 66.4 Å². The van der Waals surface area contributed by atoms with E-state index in [1.165, 1.54) is 6.92 Å². The predicted octanol–water partition coefficient (Wildman–Crippen LogP) is 1.47. The standard InChI is InChI=1S/C12H13NO3S/c1-7(12(15)16)13-11(14)9-6-17-10-5-3-2-4-8(9)10/h2-5,7,9H,6H2,1H3,(H,13,14)(H,15,16). The van der Waals surface area contributed by atoms with Gasteiger partial charge < -0.3 is 10.4 Å². The Labute approximate surface area is 103 Å². The van der Waals surface area contributed by atoms with Crippen molar-refractivity contribution in [1.82, 2.24) is 5.32 Å². The molecule has 1 heterocycles. The van der Waals surface area contributed by atoms with E-state index in [2.05, 4.69) is 5.32 Å². The van der Waals surface area contributed by atoms with E-state index in [4.69, 9.17) is 5.11 Å². The van der Waals surface area contributed by atoms with Crippen LogP contribution in [0.1, 0.15) is 18.4 Å². The molecule has 1 aliphatic heterocycles. The van der Waals surface area contributed by atoms with Gasteiger partial charge in [-0.15, -0.1) is 11.8 Å². The zero-order chi connectivity index (χ0) is 12.4. The van der Waals surface area contributed by atoms with Crippen molar-refractivity contribution in [3.8, 4) is 0 Å². The molecule has 5 heteroatoms. The molecule has 2 atom stereocenters. The van der Waals surface area contributed by atoms with E-state index < -0.39 is 12.0 Å². The van der Waals surface area contributed by atoms with Crippen molar-refractivity contribution in [3.05, 3.63) is 29.8 Å². The number of carboxylic acid groups (broad SMARTS) is 1.